The van der Waals surface area contributed by atoms with Gasteiger partial charge in [0.05, 0.1) is 0 Å². The first-order chi connectivity index (χ1) is 10.1. The number of carbonyl (C=O) groups is 2. The summed E-state index contributed by atoms with van der Waals surface area (Å²) in [5.74, 6) is 0.117. The lowest BCUT2D eigenvalue weighted by molar-refractivity contribution is -0.130. The number of carbonyl (C=O) groups excluding carboxylic acids is 2. The third-order valence-corrected chi connectivity index (χ3v) is 4.90. The molecule has 3 rings (SSSR count). The van der Waals surface area contributed by atoms with Crippen LogP contribution >= 0.6 is 15.9 Å². The number of benzene rings is 1. The molecule has 0 radical (unpaired) electrons. The molecule has 5 nitrogen and oxygen atoms in total. The molecule has 21 heavy (non-hydrogen) atoms. The number of fused-ring (bicyclic) bond motifs is 1. The first kappa shape index (κ1) is 14.5. The number of amides is 2. The normalized spacial score (nSPS) is 22.1. The second-order valence-electron chi connectivity index (χ2n) is 5.57. The van der Waals surface area contributed by atoms with Gasteiger partial charge in [-0.25, -0.2) is 0 Å². The number of anilines is 1. The van der Waals surface area contributed by atoms with E-state index in [0.717, 1.165) is 41.7 Å². The van der Waals surface area contributed by atoms with Gasteiger partial charge in [0.1, 0.15) is 6.04 Å². The van der Waals surface area contributed by atoms with Crippen molar-refractivity contribution < 1.29 is 9.59 Å². The van der Waals surface area contributed by atoms with E-state index in [4.69, 9.17) is 0 Å². The largest absolute Gasteiger partial charge is 0.343 e. The van der Waals surface area contributed by atoms with Gasteiger partial charge in [-0.15, -0.1) is 0 Å². The monoisotopic (exact) mass is 351 g/mol. The Morgan fingerprint density at radius 2 is 2.10 bits per heavy atom. The fraction of sp³-hybridized carbons (Fsp3) is 0.467. The molecule has 6 heteroatoms. The van der Waals surface area contributed by atoms with Crippen molar-refractivity contribution in [3.63, 3.8) is 0 Å². The molecule has 1 saturated heterocycles. The van der Waals surface area contributed by atoms with Crippen molar-refractivity contribution in [2.45, 2.75) is 31.8 Å². The van der Waals surface area contributed by atoms with Gasteiger partial charge in [0.2, 0.25) is 11.8 Å². The van der Waals surface area contributed by atoms with Crippen molar-refractivity contribution in [2.24, 2.45) is 0 Å². The molecule has 0 saturated carbocycles. The molecule has 0 spiro atoms. The van der Waals surface area contributed by atoms with Crippen LogP contribution in [0.5, 0.6) is 0 Å². The summed E-state index contributed by atoms with van der Waals surface area (Å²) in [7, 11) is 0. The average molecular weight is 352 g/mol. The number of piperidine rings is 1. The molecular weight excluding hydrogens is 334 g/mol. The summed E-state index contributed by atoms with van der Waals surface area (Å²) in [5, 5.41) is 6.35. The zero-order valence-corrected chi connectivity index (χ0v) is 13.4. The Bertz CT molecular complexity index is 582. The number of hydrogen-bond donors (Lipinski definition) is 2. The fourth-order valence-electron chi connectivity index (χ4n) is 3.03. The van der Waals surface area contributed by atoms with E-state index in [-0.39, 0.29) is 23.9 Å². The zero-order chi connectivity index (χ0) is 15.0. The molecule has 1 atom stereocenters. The molecule has 2 amide bonds. The average Bonchev–Trinajstić information content (AvgIpc) is 2.77. The first-order valence-corrected chi connectivity index (χ1v) is 7.96. The summed E-state index contributed by atoms with van der Waals surface area (Å²) in [6.07, 6.45) is 1.76. The minimum absolute atomic E-state index is 0.00843. The van der Waals surface area contributed by atoms with Crippen LogP contribution < -0.4 is 10.6 Å². The summed E-state index contributed by atoms with van der Waals surface area (Å²) in [6, 6.07) is 5.72. The molecule has 0 aromatic heterocycles. The number of nitrogens with one attached hydrogen (secondary N) is 2. The van der Waals surface area contributed by atoms with Gasteiger partial charge in [-0.2, -0.15) is 0 Å². The van der Waals surface area contributed by atoms with Gasteiger partial charge in [-0.05, 0) is 25.0 Å². The minimum atomic E-state index is -0.315. The van der Waals surface area contributed by atoms with Gasteiger partial charge in [0.15, 0.2) is 0 Å². The second kappa shape index (κ2) is 5.77. The molecule has 0 aliphatic carbocycles. The highest BCUT2D eigenvalue weighted by Gasteiger charge is 2.34. The molecular formula is C15H18BrN3O2. The van der Waals surface area contributed by atoms with Crippen LogP contribution in [-0.4, -0.2) is 35.8 Å². The summed E-state index contributed by atoms with van der Waals surface area (Å²) >= 11 is 3.52. The zero-order valence-electron chi connectivity index (χ0n) is 11.9. The van der Waals surface area contributed by atoms with E-state index in [9.17, 15) is 9.59 Å². The Balaban J connectivity index is 1.70. The van der Waals surface area contributed by atoms with Crippen LogP contribution in [0.2, 0.25) is 0 Å². The molecule has 1 aromatic carbocycles. The van der Waals surface area contributed by atoms with Crippen LogP contribution in [0.4, 0.5) is 5.69 Å². The predicted octanol–water partition coefficient (Wildman–Crippen LogP) is 2.04. The summed E-state index contributed by atoms with van der Waals surface area (Å²) in [6.45, 7) is 3.11. The molecule has 0 bridgehead atoms. The van der Waals surface area contributed by atoms with Gasteiger partial charge in [-0.3, -0.25) is 14.9 Å². The van der Waals surface area contributed by atoms with Crippen molar-refractivity contribution in [1.82, 2.24) is 10.2 Å². The van der Waals surface area contributed by atoms with Gasteiger partial charge in [0, 0.05) is 41.8 Å². The number of hydrogen-bond acceptors (Lipinski definition) is 3. The van der Waals surface area contributed by atoms with Gasteiger partial charge >= 0.3 is 0 Å². The second-order valence-corrected chi connectivity index (χ2v) is 6.42. The lowest BCUT2D eigenvalue weighted by Gasteiger charge is -2.33. The van der Waals surface area contributed by atoms with Crippen LogP contribution in [0.15, 0.2) is 22.7 Å². The summed E-state index contributed by atoms with van der Waals surface area (Å²) in [4.78, 5) is 25.4. The van der Waals surface area contributed by atoms with Crippen molar-refractivity contribution in [3.8, 4) is 0 Å². The molecule has 2 aliphatic heterocycles. The Kier molecular flexibility index (Phi) is 3.99. The lowest BCUT2D eigenvalue weighted by Crippen LogP contribution is -2.46. The van der Waals surface area contributed by atoms with Crippen molar-refractivity contribution in [2.75, 3.05) is 18.4 Å². The molecule has 1 aromatic rings. The number of likely N-dealkylation sites (tertiary alicyclic amines) is 1. The number of halogens is 1. The fourth-order valence-corrected chi connectivity index (χ4v) is 3.63. The minimum Gasteiger partial charge on any atom is -0.343 e. The van der Waals surface area contributed by atoms with E-state index in [1.807, 2.05) is 23.1 Å². The highest BCUT2D eigenvalue weighted by molar-refractivity contribution is 9.10. The Morgan fingerprint density at radius 3 is 2.76 bits per heavy atom. The number of rotatable bonds is 2. The highest BCUT2D eigenvalue weighted by atomic mass is 79.9. The van der Waals surface area contributed by atoms with Crippen molar-refractivity contribution in [3.05, 3.63) is 28.2 Å². The third kappa shape index (κ3) is 2.82. The Labute approximate surface area is 132 Å². The van der Waals surface area contributed by atoms with E-state index < -0.39 is 0 Å². The van der Waals surface area contributed by atoms with Crippen LogP contribution in [-0.2, 0) is 9.59 Å². The molecule has 2 aliphatic rings. The maximum Gasteiger partial charge on any atom is 0.246 e. The lowest BCUT2D eigenvalue weighted by atomic mass is 10.0. The predicted molar refractivity (Wildman–Crippen MR) is 83.9 cm³/mol. The standard InChI is InChI=1S/C15H18BrN3O2/c1-9(20)19-7-5-10(6-8-19)17-14-13-11(16)3-2-4-12(13)18-15(14)21/h2-4,10,14,17H,5-8H2,1H3,(H,18,21). The van der Waals surface area contributed by atoms with Gasteiger partial charge in [-0.1, -0.05) is 22.0 Å². The van der Waals surface area contributed by atoms with Crippen molar-refractivity contribution in [1.29, 1.82) is 0 Å². The van der Waals surface area contributed by atoms with Crippen molar-refractivity contribution >= 4 is 33.4 Å². The van der Waals surface area contributed by atoms with Crippen LogP contribution in [0.25, 0.3) is 0 Å². The maximum atomic E-state index is 12.2. The smallest absolute Gasteiger partial charge is 0.246 e. The molecule has 1 fully saturated rings. The Hall–Kier alpha value is -1.40. The summed E-state index contributed by atoms with van der Waals surface area (Å²) in [5.41, 5.74) is 1.85. The van der Waals surface area contributed by atoms with E-state index in [1.54, 1.807) is 6.92 Å². The molecule has 2 N–H and O–H groups in total. The third-order valence-electron chi connectivity index (χ3n) is 4.20. The maximum absolute atomic E-state index is 12.2. The number of nitrogens with zero attached hydrogens (tertiary/aromatic N) is 1. The van der Waals surface area contributed by atoms with E-state index in [0.29, 0.717) is 0 Å². The topological polar surface area (TPSA) is 61.4 Å². The van der Waals surface area contributed by atoms with Crippen LogP contribution in [0.1, 0.15) is 31.4 Å². The van der Waals surface area contributed by atoms with Gasteiger partial charge < -0.3 is 10.2 Å². The van der Waals surface area contributed by atoms with E-state index in [2.05, 4.69) is 26.6 Å². The van der Waals surface area contributed by atoms with E-state index in [1.165, 1.54) is 0 Å². The molecule has 1 unspecified atom stereocenters. The SMILES string of the molecule is CC(=O)N1CCC(NC2C(=O)Nc3cccc(Br)c32)CC1. The molecule has 2 heterocycles. The van der Waals surface area contributed by atoms with Crippen LogP contribution in [0, 0.1) is 0 Å². The van der Waals surface area contributed by atoms with Crippen LogP contribution in [0.3, 0.4) is 0 Å². The highest BCUT2D eigenvalue weighted by Crippen LogP contribution is 2.37. The first-order valence-electron chi connectivity index (χ1n) is 7.17. The van der Waals surface area contributed by atoms with E-state index >= 15 is 0 Å². The quantitative estimate of drug-likeness (QED) is 0.856. The molecule has 112 valence electrons. The summed E-state index contributed by atoms with van der Waals surface area (Å²) < 4.78 is 0.942. The Morgan fingerprint density at radius 1 is 1.38 bits per heavy atom. The van der Waals surface area contributed by atoms with Gasteiger partial charge in [0.25, 0.3) is 0 Å².